The topological polar surface area (TPSA) is 33.0 Å². The largest absolute Gasteiger partial charge is 0.245 e. The van der Waals surface area contributed by atoms with Crippen molar-refractivity contribution in [2.75, 3.05) is 0 Å². The van der Waals surface area contributed by atoms with Crippen LogP contribution in [0, 0.1) is 4.91 Å². The highest BCUT2D eigenvalue weighted by molar-refractivity contribution is 7.17. The Morgan fingerprint density at radius 2 is 2.36 bits per heavy atom. The maximum atomic E-state index is 11.1. The lowest BCUT2D eigenvalue weighted by Gasteiger charge is -2.04. The van der Waals surface area contributed by atoms with Crippen LogP contribution in [0.5, 0.6) is 0 Å². The minimum atomic E-state index is 0.444. The molecule has 0 saturated heterocycles. The summed E-state index contributed by atoms with van der Waals surface area (Å²) in [6, 6.07) is 3.95. The van der Waals surface area contributed by atoms with E-state index in [1.54, 1.807) is 17.5 Å². The summed E-state index contributed by atoms with van der Waals surface area (Å²) < 4.78 is 2.11. The standard InChI is InChI=1S/C10H7N2OS/c13-12-4-3-8-7(5-12)1-2-9-10(8)14-6-11-9/h1-4,6H,5H2/q+1. The first-order valence-corrected chi connectivity index (χ1v) is 5.19. The summed E-state index contributed by atoms with van der Waals surface area (Å²) in [7, 11) is 0. The third-order valence-electron chi connectivity index (χ3n) is 2.36. The van der Waals surface area contributed by atoms with Crippen LogP contribution < -0.4 is 0 Å². The zero-order valence-corrected chi connectivity index (χ0v) is 8.12. The van der Waals surface area contributed by atoms with Gasteiger partial charge in [-0.1, -0.05) is 0 Å². The third-order valence-corrected chi connectivity index (χ3v) is 3.24. The van der Waals surface area contributed by atoms with Crippen molar-refractivity contribution >= 4 is 27.6 Å². The number of thiazole rings is 1. The molecule has 3 nitrogen and oxygen atoms in total. The molecule has 3 rings (SSSR count). The van der Waals surface area contributed by atoms with Crippen molar-refractivity contribution in [3.63, 3.8) is 0 Å². The van der Waals surface area contributed by atoms with E-state index >= 15 is 0 Å². The molecule has 14 heavy (non-hydrogen) atoms. The molecule has 4 heteroatoms. The van der Waals surface area contributed by atoms with Crippen LogP contribution in [0.3, 0.4) is 0 Å². The summed E-state index contributed by atoms with van der Waals surface area (Å²) in [5.41, 5.74) is 5.08. The van der Waals surface area contributed by atoms with Crippen LogP contribution in [0.15, 0.2) is 23.8 Å². The molecule has 0 radical (unpaired) electrons. The monoisotopic (exact) mass is 203 g/mol. The number of benzene rings is 1. The number of nitroso groups, excluding NO2 is 1. The van der Waals surface area contributed by atoms with Crippen molar-refractivity contribution in [3.8, 4) is 0 Å². The third kappa shape index (κ3) is 1.01. The average molecular weight is 203 g/mol. The maximum Gasteiger partial charge on any atom is 0.224 e. The van der Waals surface area contributed by atoms with Crippen LogP contribution >= 0.6 is 11.3 Å². The highest BCUT2D eigenvalue weighted by atomic mass is 32.1. The lowest BCUT2D eigenvalue weighted by Crippen LogP contribution is -2.05. The second-order valence-corrected chi connectivity index (χ2v) is 4.08. The number of nitrogens with zero attached hydrogens (tertiary/aromatic N) is 2. The van der Waals surface area contributed by atoms with Crippen molar-refractivity contribution in [1.82, 2.24) is 4.98 Å². The lowest BCUT2D eigenvalue weighted by molar-refractivity contribution is -0.496. The molecule has 0 atom stereocenters. The van der Waals surface area contributed by atoms with E-state index < -0.39 is 0 Å². The van der Waals surface area contributed by atoms with Gasteiger partial charge < -0.3 is 0 Å². The molecule has 1 aliphatic rings. The second-order valence-electron chi connectivity index (χ2n) is 3.23. The molecule has 0 N–H and O–H groups in total. The Morgan fingerprint density at radius 3 is 3.29 bits per heavy atom. The van der Waals surface area contributed by atoms with Crippen molar-refractivity contribution in [2.24, 2.45) is 0 Å². The van der Waals surface area contributed by atoms with Gasteiger partial charge in [-0.3, -0.25) is 0 Å². The SMILES string of the molecule is O=[N+]1C=Cc2c(ccc3ncsc23)C1. The maximum absolute atomic E-state index is 11.1. The summed E-state index contributed by atoms with van der Waals surface area (Å²) in [6.07, 6.45) is 3.44. The molecule has 0 unspecified atom stereocenters. The molecule has 1 aliphatic heterocycles. The zero-order valence-electron chi connectivity index (χ0n) is 7.30. The minimum Gasteiger partial charge on any atom is -0.245 e. The van der Waals surface area contributed by atoms with Gasteiger partial charge in [-0.05, 0) is 12.1 Å². The Labute approximate surface area is 84.3 Å². The number of aromatic nitrogens is 1. The van der Waals surface area contributed by atoms with Gasteiger partial charge in [-0.2, -0.15) is 0 Å². The van der Waals surface area contributed by atoms with Crippen LogP contribution in [-0.4, -0.2) is 9.74 Å². The van der Waals surface area contributed by atoms with E-state index in [1.165, 1.54) is 4.70 Å². The van der Waals surface area contributed by atoms with Crippen LogP contribution in [0.1, 0.15) is 11.1 Å². The first-order valence-electron chi connectivity index (χ1n) is 4.31. The van der Waals surface area contributed by atoms with Crippen molar-refractivity contribution in [3.05, 3.63) is 39.9 Å². The molecular formula is C10H7N2OS+. The Morgan fingerprint density at radius 1 is 1.43 bits per heavy atom. The van der Waals surface area contributed by atoms with Gasteiger partial charge in [0.1, 0.15) is 0 Å². The molecule has 0 amide bonds. The lowest BCUT2D eigenvalue weighted by atomic mass is 10.0. The average Bonchev–Trinajstić information content (AvgIpc) is 2.65. The zero-order chi connectivity index (χ0) is 9.54. The van der Waals surface area contributed by atoms with Gasteiger partial charge in [-0.15, -0.1) is 11.3 Å². The smallest absolute Gasteiger partial charge is 0.224 e. The van der Waals surface area contributed by atoms with Crippen molar-refractivity contribution in [2.45, 2.75) is 6.54 Å². The summed E-state index contributed by atoms with van der Waals surface area (Å²) in [5, 5.41) is 0. The summed E-state index contributed by atoms with van der Waals surface area (Å²) in [6.45, 7) is 0.444. The van der Waals surface area contributed by atoms with Gasteiger partial charge in [0, 0.05) is 26.9 Å². The van der Waals surface area contributed by atoms with Crippen LogP contribution in [0.25, 0.3) is 16.3 Å². The Kier molecular flexibility index (Phi) is 1.52. The van der Waals surface area contributed by atoms with E-state index in [4.69, 9.17) is 0 Å². The molecule has 0 fully saturated rings. The fourth-order valence-electron chi connectivity index (χ4n) is 1.69. The van der Waals surface area contributed by atoms with E-state index in [0.29, 0.717) is 6.54 Å². The molecule has 1 aromatic carbocycles. The summed E-state index contributed by atoms with van der Waals surface area (Å²) in [4.78, 5) is 15.4. The van der Waals surface area contributed by atoms with Gasteiger partial charge in [0.25, 0.3) is 0 Å². The highest BCUT2D eigenvalue weighted by Gasteiger charge is 2.18. The molecule has 0 aliphatic carbocycles. The van der Waals surface area contributed by atoms with Crippen molar-refractivity contribution < 1.29 is 4.76 Å². The van der Waals surface area contributed by atoms with Crippen LogP contribution in [0.4, 0.5) is 0 Å². The van der Waals surface area contributed by atoms with E-state index in [2.05, 4.69) is 4.98 Å². The van der Waals surface area contributed by atoms with Gasteiger partial charge in [0.05, 0.1) is 15.7 Å². The van der Waals surface area contributed by atoms with Gasteiger partial charge in [0.2, 0.25) is 12.7 Å². The first-order chi connectivity index (χ1) is 6.84. The van der Waals surface area contributed by atoms with E-state index in [9.17, 15) is 4.91 Å². The predicted molar refractivity (Wildman–Crippen MR) is 56.0 cm³/mol. The second kappa shape index (κ2) is 2.72. The molecule has 2 aromatic rings. The number of hydrogen-bond acceptors (Lipinski definition) is 3. The van der Waals surface area contributed by atoms with Gasteiger partial charge in [0.15, 0.2) is 0 Å². The predicted octanol–water partition coefficient (Wildman–Crippen LogP) is 2.56. The number of hydrogen-bond donors (Lipinski definition) is 0. The number of rotatable bonds is 0. The highest BCUT2D eigenvalue weighted by Crippen LogP contribution is 2.29. The normalized spacial score (nSPS) is 14.7. The molecule has 68 valence electrons. The Hall–Kier alpha value is -1.55. The fraction of sp³-hybridized carbons (Fsp3) is 0.100. The minimum absolute atomic E-state index is 0.444. The molecule has 0 spiro atoms. The van der Waals surface area contributed by atoms with Gasteiger partial charge in [-0.25, -0.2) is 4.98 Å². The number of fused-ring (bicyclic) bond motifs is 3. The van der Waals surface area contributed by atoms with E-state index in [1.807, 2.05) is 23.7 Å². The van der Waals surface area contributed by atoms with Crippen LogP contribution in [-0.2, 0) is 6.54 Å². The molecule has 0 saturated carbocycles. The Bertz CT molecular complexity index is 556. The fourth-order valence-corrected chi connectivity index (χ4v) is 2.53. The van der Waals surface area contributed by atoms with E-state index in [-0.39, 0.29) is 0 Å². The first kappa shape index (κ1) is 7.82. The van der Waals surface area contributed by atoms with Gasteiger partial charge >= 0.3 is 0 Å². The molecule has 0 bridgehead atoms. The quantitative estimate of drug-likeness (QED) is 0.616. The Balaban J connectivity index is 2.38. The summed E-state index contributed by atoms with van der Waals surface area (Å²) >= 11 is 1.62. The van der Waals surface area contributed by atoms with Crippen molar-refractivity contribution in [1.29, 1.82) is 0 Å². The van der Waals surface area contributed by atoms with E-state index in [0.717, 1.165) is 21.4 Å². The molecule has 1 aromatic heterocycles. The van der Waals surface area contributed by atoms with Crippen LogP contribution in [0.2, 0.25) is 0 Å². The molecule has 2 heterocycles. The molecular weight excluding hydrogens is 196 g/mol. The summed E-state index contributed by atoms with van der Waals surface area (Å²) in [5.74, 6) is 0.